The molecule has 4 nitrogen and oxygen atoms in total. The van der Waals surface area contributed by atoms with E-state index in [1.807, 2.05) is 0 Å². The minimum atomic E-state index is -0.722. The highest BCUT2D eigenvalue weighted by molar-refractivity contribution is 6.30. The second kappa shape index (κ2) is 6.52. The van der Waals surface area contributed by atoms with Gasteiger partial charge in [-0.3, -0.25) is 4.79 Å². The van der Waals surface area contributed by atoms with Crippen LogP contribution in [0, 0.1) is 5.82 Å². The van der Waals surface area contributed by atoms with Crippen LogP contribution in [-0.2, 0) is 11.2 Å². The number of aliphatic hydroxyl groups is 1. The van der Waals surface area contributed by atoms with E-state index in [1.165, 1.54) is 6.07 Å². The molecule has 1 fully saturated rings. The number of hydrogen-bond donors (Lipinski definition) is 3. The Labute approximate surface area is 122 Å². The lowest BCUT2D eigenvalue weighted by Gasteiger charge is -2.23. The van der Waals surface area contributed by atoms with Crippen LogP contribution in [0.25, 0.3) is 0 Å². The summed E-state index contributed by atoms with van der Waals surface area (Å²) in [6, 6.07) is 3.76. The van der Waals surface area contributed by atoms with Crippen LogP contribution in [0.2, 0.25) is 5.02 Å². The highest BCUT2D eigenvalue weighted by Crippen LogP contribution is 2.22. The summed E-state index contributed by atoms with van der Waals surface area (Å²) < 4.78 is 13.9. The molecule has 0 aromatic heterocycles. The summed E-state index contributed by atoms with van der Waals surface area (Å²) in [6.45, 7) is 0. The van der Waals surface area contributed by atoms with Gasteiger partial charge in [0.1, 0.15) is 5.82 Å². The van der Waals surface area contributed by atoms with Crippen molar-refractivity contribution in [2.24, 2.45) is 5.73 Å². The molecule has 0 heterocycles. The van der Waals surface area contributed by atoms with Gasteiger partial charge in [0, 0.05) is 6.04 Å². The van der Waals surface area contributed by atoms with Crippen molar-refractivity contribution in [3.63, 3.8) is 0 Å². The van der Waals surface area contributed by atoms with Gasteiger partial charge in [0.2, 0.25) is 5.91 Å². The smallest absolute Gasteiger partial charge is 0.234 e. The number of nitrogens with two attached hydrogens (primary N) is 1. The molecule has 6 heteroatoms. The number of amides is 1. The number of aliphatic hydroxyl groups excluding tert-OH is 1. The Kier molecular flexibility index (Phi) is 4.96. The zero-order valence-electron chi connectivity index (χ0n) is 11.0. The van der Waals surface area contributed by atoms with Crippen LogP contribution in [0.4, 0.5) is 4.39 Å². The molecular formula is C14H18ClFN2O2. The van der Waals surface area contributed by atoms with E-state index in [-0.39, 0.29) is 17.5 Å². The summed E-state index contributed by atoms with van der Waals surface area (Å²) in [5, 5.41) is 12.8. The molecule has 1 aliphatic rings. The Bertz CT molecular complexity index is 498. The molecule has 1 unspecified atom stereocenters. The lowest BCUT2D eigenvalue weighted by Crippen LogP contribution is -2.50. The van der Waals surface area contributed by atoms with Crippen molar-refractivity contribution in [3.05, 3.63) is 34.6 Å². The number of halogens is 2. The van der Waals surface area contributed by atoms with Crippen molar-refractivity contribution in [2.45, 2.75) is 43.9 Å². The molecule has 1 aromatic carbocycles. The zero-order chi connectivity index (χ0) is 14.7. The Morgan fingerprint density at radius 3 is 2.90 bits per heavy atom. The third kappa shape index (κ3) is 3.48. The lowest BCUT2D eigenvalue weighted by atomic mass is 10.0. The second-order valence-corrected chi connectivity index (χ2v) is 5.55. The average molecular weight is 301 g/mol. The van der Waals surface area contributed by atoms with Crippen molar-refractivity contribution in [1.29, 1.82) is 0 Å². The number of carbonyl (C=O) groups is 1. The monoisotopic (exact) mass is 300 g/mol. The maximum atomic E-state index is 13.9. The van der Waals surface area contributed by atoms with Crippen molar-refractivity contribution in [1.82, 2.24) is 5.32 Å². The SMILES string of the molecule is NC(=O)C(Cc1cccc(Cl)c1F)N[C@H]1CCC[C@@H]1O. The fourth-order valence-electron chi connectivity index (χ4n) is 2.56. The molecule has 0 bridgehead atoms. The van der Waals surface area contributed by atoms with Crippen LogP contribution < -0.4 is 11.1 Å². The largest absolute Gasteiger partial charge is 0.392 e. The number of benzene rings is 1. The van der Waals surface area contributed by atoms with Gasteiger partial charge in [-0.2, -0.15) is 0 Å². The first kappa shape index (κ1) is 15.2. The first-order chi connectivity index (χ1) is 9.49. The number of primary amides is 1. The summed E-state index contributed by atoms with van der Waals surface area (Å²) in [7, 11) is 0. The first-order valence-electron chi connectivity index (χ1n) is 6.65. The molecule has 4 N–H and O–H groups in total. The van der Waals surface area contributed by atoms with Gasteiger partial charge >= 0.3 is 0 Å². The van der Waals surface area contributed by atoms with Crippen molar-refractivity contribution >= 4 is 17.5 Å². The quantitative estimate of drug-likeness (QED) is 0.769. The number of nitrogens with one attached hydrogen (secondary N) is 1. The minimum absolute atomic E-state index is 0.0200. The Morgan fingerprint density at radius 2 is 2.30 bits per heavy atom. The van der Waals surface area contributed by atoms with Crippen LogP contribution in [0.5, 0.6) is 0 Å². The molecule has 0 aliphatic heterocycles. The third-order valence-corrected chi connectivity index (χ3v) is 3.99. The molecule has 1 aliphatic carbocycles. The topological polar surface area (TPSA) is 75.4 Å². The van der Waals surface area contributed by atoms with Crippen LogP contribution >= 0.6 is 11.6 Å². The van der Waals surface area contributed by atoms with E-state index >= 15 is 0 Å². The van der Waals surface area contributed by atoms with Gasteiger partial charge in [0.25, 0.3) is 0 Å². The Balaban J connectivity index is 2.09. The number of hydrogen-bond acceptors (Lipinski definition) is 3. The van der Waals surface area contributed by atoms with Gasteiger partial charge in [-0.25, -0.2) is 4.39 Å². The maximum absolute atomic E-state index is 13.9. The summed E-state index contributed by atoms with van der Waals surface area (Å²) in [5.41, 5.74) is 5.69. The maximum Gasteiger partial charge on any atom is 0.234 e. The summed E-state index contributed by atoms with van der Waals surface area (Å²) in [6.07, 6.45) is 2.01. The van der Waals surface area contributed by atoms with E-state index < -0.39 is 23.9 Å². The van der Waals surface area contributed by atoms with Crippen LogP contribution in [0.3, 0.4) is 0 Å². The molecule has 1 amide bonds. The third-order valence-electron chi connectivity index (χ3n) is 3.69. The minimum Gasteiger partial charge on any atom is -0.392 e. The van der Waals surface area contributed by atoms with E-state index in [4.69, 9.17) is 17.3 Å². The van der Waals surface area contributed by atoms with Crippen LogP contribution in [0.1, 0.15) is 24.8 Å². The molecule has 2 rings (SSSR count). The molecule has 1 saturated carbocycles. The van der Waals surface area contributed by atoms with Crippen LogP contribution in [-0.4, -0.2) is 29.2 Å². The van der Waals surface area contributed by atoms with Gasteiger partial charge in [0.15, 0.2) is 0 Å². The van der Waals surface area contributed by atoms with E-state index in [2.05, 4.69) is 5.32 Å². The van der Waals surface area contributed by atoms with E-state index in [1.54, 1.807) is 12.1 Å². The fourth-order valence-corrected chi connectivity index (χ4v) is 2.76. The second-order valence-electron chi connectivity index (χ2n) is 5.14. The highest BCUT2D eigenvalue weighted by Gasteiger charge is 2.29. The van der Waals surface area contributed by atoms with Gasteiger partial charge < -0.3 is 16.2 Å². The summed E-state index contributed by atoms with van der Waals surface area (Å²) >= 11 is 5.72. The predicted molar refractivity (Wildman–Crippen MR) is 74.9 cm³/mol. The molecule has 20 heavy (non-hydrogen) atoms. The van der Waals surface area contributed by atoms with Gasteiger partial charge in [0.05, 0.1) is 17.2 Å². The molecule has 110 valence electrons. The molecule has 0 radical (unpaired) electrons. The Hall–Kier alpha value is -1.17. The molecule has 3 atom stereocenters. The normalized spacial score (nSPS) is 23.8. The fraction of sp³-hybridized carbons (Fsp3) is 0.500. The van der Waals surface area contributed by atoms with Gasteiger partial charge in [-0.1, -0.05) is 23.7 Å². The lowest BCUT2D eigenvalue weighted by molar-refractivity contribution is -0.120. The zero-order valence-corrected chi connectivity index (χ0v) is 11.7. The highest BCUT2D eigenvalue weighted by atomic mass is 35.5. The molecule has 1 aromatic rings. The van der Waals surface area contributed by atoms with Gasteiger partial charge in [-0.15, -0.1) is 0 Å². The van der Waals surface area contributed by atoms with Crippen molar-refractivity contribution < 1.29 is 14.3 Å². The van der Waals surface area contributed by atoms with Gasteiger partial charge in [-0.05, 0) is 37.3 Å². The molecular weight excluding hydrogens is 283 g/mol. The summed E-state index contributed by atoms with van der Waals surface area (Å²) in [4.78, 5) is 11.5. The average Bonchev–Trinajstić information content (AvgIpc) is 2.79. The van der Waals surface area contributed by atoms with Crippen LogP contribution in [0.15, 0.2) is 18.2 Å². The Morgan fingerprint density at radius 1 is 1.55 bits per heavy atom. The first-order valence-corrected chi connectivity index (χ1v) is 7.03. The predicted octanol–water partition coefficient (Wildman–Crippen LogP) is 1.38. The number of carbonyl (C=O) groups excluding carboxylic acids is 1. The van der Waals surface area contributed by atoms with E-state index in [0.29, 0.717) is 12.0 Å². The van der Waals surface area contributed by atoms with Crippen molar-refractivity contribution in [3.8, 4) is 0 Å². The van der Waals surface area contributed by atoms with E-state index in [9.17, 15) is 14.3 Å². The van der Waals surface area contributed by atoms with E-state index in [0.717, 1.165) is 12.8 Å². The molecule has 0 spiro atoms. The standard InChI is InChI=1S/C14H18ClFN2O2/c15-9-4-1-3-8(13(9)16)7-11(14(17)20)18-10-5-2-6-12(10)19/h1,3-4,10-12,18-19H,2,5-7H2,(H2,17,20)/t10-,11?,12-/m0/s1. The number of rotatable bonds is 5. The van der Waals surface area contributed by atoms with Crippen molar-refractivity contribution in [2.75, 3.05) is 0 Å². The molecule has 0 saturated heterocycles. The summed E-state index contributed by atoms with van der Waals surface area (Å²) in [5.74, 6) is -1.10.